The van der Waals surface area contributed by atoms with Crippen LogP contribution in [-0.2, 0) is 19.1 Å². The number of aliphatic carboxylic acids is 1. The topological polar surface area (TPSA) is 80.7 Å². The fourth-order valence-electron chi connectivity index (χ4n) is 5.63. The van der Waals surface area contributed by atoms with Gasteiger partial charge in [-0.15, -0.1) is 0 Å². The number of Topliss-reactive ketones (excluding diaryl/α,β-unsaturated/α-hetero) is 1. The molecule has 1 N–H and O–H groups in total. The lowest BCUT2D eigenvalue weighted by Gasteiger charge is -2.56. The van der Waals surface area contributed by atoms with Crippen molar-refractivity contribution in [2.45, 2.75) is 86.2 Å². The van der Waals surface area contributed by atoms with Gasteiger partial charge in [-0.2, -0.15) is 0 Å². The van der Waals surface area contributed by atoms with Gasteiger partial charge in [0.15, 0.2) is 5.78 Å². The highest BCUT2D eigenvalue weighted by atomic mass is 16.5. The Hall–Kier alpha value is -1.65. The lowest BCUT2D eigenvalue weighted by molar-refractivity contribution is -0.157. The third kappa shape index (κ3) is 4.61. The Morgan fingerprint density at radius 2 is 1.89 bits per heavy atom. The fourth-order valence-corrected chi connectivity index (χ4v) is 5.63. The van der Waals surface area contributed by atoms with Crippen LogP contribution in [0, 0.1) is 22.7 Å². The number of ketones is 1. The van der Waals surface area contributed by atoms with Gasteiger partial charge in [-0.1, -0.05) is 33.3 Å². The number of carbonyl (C=O) groups is 3. The Bertz CT molecular complexity index is 660. The van der Waals surface area contributed by atoms with E-state index in [0.717, 1.165) is 36.8 Å². The quantitative estimate of drug-likeness (QED) is 0.686. The van der Waals surface area contributed by atoms with E-state index in [4.69, 9.17) is 9.84 Å². The molecule has 0 spiro atoms. The van der Waals surface area contributed by atoms with E-state index < -0.39 is 5.97 Å². The van der Waals surface area contributed by atoms with Gasteiger partial charge >= 0.3 is 11.9 Å². The molecule has 5 heteroatoms. The van der Waals surface area contributed by atoms with Crippen molar-refractivity contribution in [3.8, 4) is 0 Å². The SMILES string of the molecule is CC(=O)O[C@@H]1CC(C)(C)[C@@H]2CC(=O)C(C)=C(CC[C@H](C)CC(=O)O)[C@@]2(C)C1. The van der Waals surface area contributed by atoms with Gasteiger partial charge in [0.25, 0.3) is 0 Å². The van der Waals surface area contributed by atoms with Crippen LogP contribution >= 0.6 is 0 Å². The lowest BCUT2D eigenvalue weighted by atomic mass is 9.49. The Kier molecular flexibility index (Phi) is 6.23. The van der Waals surface area contributed by atoms with Crippen LogP contribution in [0.3, 0.4) is 0 Å². The standard InChI is InChI=1S/C22H34O5/c1-13(9-20(25)26)7-8-17-14(2)18(24)10-19-21(4,5)11-16(27-15(3)23)12-22(17,19)6/h13,16,19H,7-12H2,1-6H3,(H,25,26)/t13-,16+,19-,22+/m0/s1. The average molecular weight is 379 g/mol. The molecule has 0 aliphatic heterocycles. The van der Waals surface area contributed by atoms with Crippen LogP contribution in [0.25, 0.3) is 0 Å². The smallest absolute Gasteiger partial charge is 0.303 e. The molecule has 27 heavy (non-hydrogen) atoms. The molecule has 2 aliphatic carbocycles. The van der Waals surface area contributed by atoms with Gasteiger partial charge in [0, 0.05) is 19.8 Å². The molecule has 1 saturated carbocycles. The molecule has 0 bridgehead atoms. The zero-order valence-corrected chi connectivity index (χ0v) is 17.6. The molecule has 152 valence electrons. The number of allylic oxidation sites excluding steroid dienone is 2. The molecule has 0 unspecified atom stereocenters. The second kappa shape index (κ2) is 7.76. The third-order valence-electron chi connectivity index (χ3n) is 6.81. The molecule has 2 aliphatic rings. The van der Waals surface area contributed by atoms with Crippen LogP contribution in [-0.4, -0.2) is 28.9 Å². The summed E-state index contributed by atoms with van der Waals surface area (Å²) in [6.45, 7) is 11.8. The van der Waals surface area contributed by atoms with E-state index in [1.165, 1.54) is 6.92 Å². The summed E-state index contributed by atoms with van der Waals surface area (Å²) in [5, 5.41) is 9.03. The van der Waals surface area contributed by atoms with Crippen LogP contribution in [0.5, 0.6) is 0 Å². The summed E-state index contributed by atoms with van der Waals surface area (Å²) in [5.74, 6) is -0.578. The number of hydrogen-bond donors (Lipinski definition) is 1. The first-order valence-electron chi connectivity index (χ1n) is 9.99. The van der Waals surface area contributed by atoms with Gasteiger partial charge in [0.1, 0.15) is 6.10 Å². The zero-order chi connectivity index (χ0) is 20.6. The van der Waals surface area contributed by atoms with Crippen molar-refractivity contribution in [3.63, 3.8) is 0 Å². The van der Waals surface area contributed by atoms with Crippen LogP contribution in [0.15, 0.2) is 11.1 Å². The molecule has 0 heterocycles. The van der Waals surface area contributed by atoms with E-state index in [0.29, 0.717) is 6.42 Å². The number of carbonyl (C=O) groups excluding carboxylic acids is 2. The van der Waals surface area contributed by atoms with E-state index >= 15 is 0 Å². The van der Waals surface area contributed by atoms with Crippen molar-refractivity contribution >= 4 is 17.7 Å². The molecule has 1 fully saturated rings. The van der Waals surface area contributed by atoms with Gasteiger partial charge in [-0.25, -0.2) is 0 Å². The van der Waals surface area contributed by atoms with E-state index in [-0.39, 0.29) is 46.9 Å². The minimum Gasteiger partial charge on any atom is -0.481 e. The number of ether oxygens (including phenoxy) is 1. The fraction of sp³-hybridized carbons (Fsp3) is 0.773. The lowest BCUT2D eigenvalue weighted by Crippen LogP contribution is -2.52. The van der Waals surface area contributed by atoms with Crippen LogP contribution < -0.4 is 0 Å². The third-order valence-corrected chi connectivity index (χ3v) is 6.81. The summed E-state index contributed by atoms with van der Waals surface area (Å²) in [7, 11) is 0. The van der Waals surface area contributed by atoms with E-state index in [9.17, 15) is 14.4 Å². The van der Waals surface area contributed by atoms with Crippen LogP contribution in [0.2, 0.25) is 0 Å². The van der Waals surface area contributed by atoms with Gasteiger partial charge in [-0.3, -0.25) is 14.4 Å². The largest absolute Gasteiger partial charge is 0.481 e. The van der Waals surface area contributed by atoms with Gasteiger partial charge < -0.3 is 9.84 Å². The maximum absolute atomic E-state index is 12.7. The van der Waals surface area contributed by atoms with Crippen molar-refractivity contribution in [1.29, 1.82) is 0 Å². The molecule has 0 aromatic carbocycles. The molecule has 2 rings (SSSR count). The number of rotatable bonds is 6. The number of carboxylic acids is 1. The molecular formula is C22H34O5. The summed E-state index contributed by atoms with van der Waals surface area (Å²) >= 11 is 0. The van der Waals surface area contributed by atoms with Crippen molar-refractivity contribution in [1.82, 2.24) is 0 Å². The Labute approximate surface area is 162 Å². The van der Waals surface area contributed by atoms with Crippen molar-refractivity contribution < 1.29 is 24.2 Å². The molecule has 0 aromatic heterocycles. The highest BCUT2D eigenvalue weighted by molar-refractivity contribution is 5.97. The number of fused-ring (bicyclic) bond motifs is 1. The molecule has 5 nitrogen and oxygen atoms in total. The number of carboxylic acid groups (broad SMARTS) is 1. The zero-order valence-electron chi connectivity index (χ0n) is 17.6. The van der Waals surface area contributed by atoms with E-state index in [1.54, 1.807) is 0 Å². The van der Waals surface area contributed by atoms with E-state index in [2.05, 4.69) is 20.8 Å². The Morgan fingerprint density at radius 1 is 1.26 bits per heavy atom. The van der Waals surface area contributed by atoms with Gasteiger partial charge in [0.05, 0.1) is 0 Å². The molecule has 0 saturated heterocycles. The van der Waals surface area contributed by atoms with E-state index in [1.807, 2.05) is 13.8 Å². The highest BCUT2D eigenvalue weighted by Crippen LogP contribution is 2.60. The second-order valence-corrected chi connectivity index (χ2v) is 9.57. The summed E-state index contributed by atoms with van der Waals surface area (Å²) in [6, 6.07) is 0. The van der Waals surface area contributed by atoms with Crippen LogP contribution in [0.4, 0.5) is 0 Å². The predicted octanol–water partition coefficient (Wildman–Crippen LogP) is 4.54. The molecular weight excluding hydrogens is 344 g/mol. The molecule has 0 aromatic rings. The maximum Gasteiger partial charge on any atom is 0.303 e. The maximum atomic E-state index is 12.7. The monoisotopic (exact) mass is 378 g/mol. The van der Waals surface area contributed by atoms with Crippen LogP contribution in [0.1, 0.15) is 80.1 Å². The second-order valence-electron chi connectivity index (χ2n) is 9.57. The minimum atomic E-state index is -0.786. The minimum absolute atomic E-state index is 0.0581. The van der Waals surface area contributed by atoms with Gasteiger partial charge in [0.2, 0.25) is 0 Å². The first-order valence-corrected chi connectivity index (χ1v) is 9.99. The van der Waals surface area contributed by atoms with Gasteiger partial charge in [-0.05, 0) is 60.8 Å². The summed E-state index contributed by atoms with van der Waals surface area (Å²) < 4.78 is 5.61. The predicted molar refractivity (Wildman–Crippen MR) is 103 cm³/mol. The first-order chi connectivity index (χ1) is 12.4. The van der Waals surface area contributed by atoms with Crippen molar-refractivity contribution in [2.24, 2.45) is 22.7 Å². The summed E-state index contributed by atoms with van der Waals surface area (Å²) in [4.78, 5) is 35.3. The highest BCUT2D eigenvalue weighted by Gasteiger charge is 2.55. The number of esters is 1. The molecule has 0 radical (unpaired) electrons. The normalized spacial score (nSPS) is 31.3. The Morgan fingerprint density at radius 3 is 2.44 bits per heavy atom. The molecule has 4 atom stereocenters. The summed E-state index contributed by atoms with van der Waals surface area (Å²) in [6.07, 6.45) is 3.50. The number of hydrogen-bond acceptors (Lipinski definition) is 4. The first kappa shape index (κ1) is 21.6. The van der Waals surface area contributed by atoms with Crippen molar-refractivity contribution in [2.75, 3.05) is 0 Å². The Balaban J connectivity index is 2.34. The summed E-state index contributed by atoms with van der Waals surface area (Å²) in [5.41, 5.74) is 1.66. The average Bonchev–Trinajstić information content (AvgIpc) is 2.47. The van der Waals surface area contributed by atoms with Crippen molar-refractivity contribution in [3.05, 3.63) is 11.1 Å². The molecule has 0 amide bonds.